The number of hydrogen-bond donors (Lipinski definition) is 2. The molecule has 2 atom stereocenters. The third-order valence-corrected chi connectivity index (χ3v) is 4.26. The van der Waals surface area contributed by atoms with E-state index in [9.17, 15) is 0 Å². The van der Waals surface area contributed by atoms with Crippen molar-refractivity contribution in [2.75, 3.05) is 23.5 Å². The van der Waals surface area contributed by atoms with Crippen LogP contribution in [0.2, 0.25) is 0 Å². The minimum absolute atomic E-state index is 0.338. The van der Waals surface area contributed by atoms with Crippen molar-refractivity contribution in [1.29, 1.82) is 0 Å². The number of aromatic nitrogens is 3. The number of nitrogens with one attached hydrogen (secondary N) is 1. The van der Waals surface area contributed by atoms with Gasteiger partial charge in [0.15, 0.2) is 0 Å². The highest BCUT2D eigenvalue weighted by atomic mass is 16.5. The normalized spacial score (nSPS) is 25.4. The highest BCUT2D eigenvalue weighted by molar-refractivity contribution is 5.40. The van der Waals surface area contributed by atoms with Gasteiger partial charge in [-0.2, -0.15) is 15.0 Å². The Morgan fingerprint density at radius 3 is 2.90 bits per heavy atom. The summed E-state index contributed by atoms with van der Waals surface area (Å²) in [5.41, 5.74) is 2.50. The molecule has 1 saturated heterocycles. The summed E-state index contributed by atoms with van der Waals surface area (Å²) in [4.78, 5) is 15.3. The Morgan fingerprint density at radius 1 is 1.25 bits per heavy atom. The Morgan fingerprint density at radius 2 is 2.10 bits per heavy atom. The molecule has 2 heterocycles. The fourth-order valence-corrected chi connectivity index (χ4v) is 3.43. The van der Waals surface area contributed by atoms with E-state index in [1.54, 1.807) is 0 Å². The van der Waals surface area contributed by atoms with E-state index in [4.69, 9.17) is 10.6 Å². The van der Waals surface area contributed by atoms with Gasteiger partial charge in [0.05, 0.1) is 6.61 Å². The SMILES string of the molecule is CCOc1nc(NN)nc(N2CCCC3CCCC32)n1. The zero-order valence-corrected chi connectivity index (χ0v) is 11.9. The number of rotatable bonds is 4. The van der Waals surface area contributed by atoms with E-state index in [1.807, 2.05) is 6.92 Å². The van der Waals surface area contributed by atoms with E-state index < -0.39 is 0 Å². The van der Waals surface area contributed by atoms with Gasteiger partial charge in [-0.05, 0) is 38.5 Å². The van der Waals surface area contributed by atoms with Crippen LogP contribution in [0.4, 0.5) is 11.9 Å². The molecule has 0 radical (unpaired) electrons. The Balaban J connectivity index is 1.89. The van der Waals surface area contributed by atoms with Crippen LogP contribution in [0.25, 0.3) is 0 Å². The maximum absolute atomic E-state index is 5.44. The second kappa shape index (κ2) is 5.78. The molecule has 0 amide bonds. The van der Waals surface area contributed by atoms with E-state index in [-0.39, 0.29) is 0 Å². The first-order valence-electron chi connectivity index (χ1n) is 7.44. The average Bonchev–Trinajstić information content (AvgIpc) is 2.95. The van der Waals surface area contributed by atoms with Gasteiger partial charge in [0.1, 0.15) is 0 Å². The van der Waals surface area contributed by atoms with Crippen molar-refractivity contribution in [2.24, 2.45) is 11.8 Å². The van der Waals surface area contributed by atoms with Gasteiger partial charge in [-0.3, -0.25) is 5.43 Å². The molecule has 1 aromatic rings. The van der Waals surface area contributed by atoms with Crippen molar-refractivity contribution in [1.82, 2.24) is 15.0 Å². The Kier molecular flexibility index (Phi) is 3.86. The molecule has 0 aromatic carbocycles. The molecule has 0 bridgehead atoms. The lowest BCUT2D eigenvalue weighted by molar-refractivity contribution is 0.309. The summed E-state index contributed by atoms with van der Waals surface area (Å²) in [6, 6.07) is 0.900. The van der Waals surface area contributed by atoms with Crippen molar-refractivity contribution >= 4 is 11.9 Å². The first-order valence-corrected chi connectivity index (χ1v) is 7.44. The largest absolute Gasteiger partial charge is 0.464 e. The van der Waals surface area contributed by atoms with Gasteiger partial charge in [0.2, 0.25) is 11.9 Å². The van der Waals surface area contributed by atoms with Gasteiger partial charge in [-0.15, -0.1) is 0 Å². The molecule has 2 fully saturated rings. The van der Waals surface area contributed by atoms with Crippen molar-refractivity contribution in [3.63, 3.8) is 0 Å². The first-order chi connectivity index (χ1) is 9.81. The van der Waals surface area contributed by atoms with Gasteiger partial charge in [-0.1, -0.05) is 6.42 Å². The topological polar surface area (TPSA) is 89.2 Å². The maximum Gasteiger partial charge on any atom is 0.323 e. The van der Waals surface area contributed by atoms with Crippen molar-refractivity contribution in [2.45, 2.75) is 45.1 Å². The summed E-state index contributed by atoms with van der Waals surface area (Å²) >= 11 is 0. The Bertz CT molecular complexity index is 468. The molecule has 1 aliphatic carbocycles. The van der Waals surface area contributed by atoms with E-state index in [0.717, 1.165) is 12.5 Å². The fraction of sp³-hybridized carbons (Fsp3) is 0.769. The van der Waals surface area contributed by atoms with Crippen LogP contribution in [0.3, 0.4) is 0 Å². The lowest BCUT2D eigenvalue weighted by Crippen LogP contribution is -2.43. The van der Waals surface area contributed by atoms with Crippen LogP contribution in [0.15, 0.2) is 0 Å². The predicted molar refractivity (Wildman–Crippen MR) is 76.5 cm³/mol. The van der Waals surface area contributed by atoms with Crippen LogP contribution in [-0.4, -0.2) is 34.1 Å². The van der Waals surface area contributed by atoms with E-state index in [2.05, 4.69) is 25.3 Å². The zero-order chi connectivity index (χ0) is 13.9. The number of nitrogens with zero attached hydrogens (tertiary/aromatic N) is 4. The molecular formula is C13H22N6O. The van der Waals surface area contributed by atoms with E-state index in [1.165, 1.54) is 32.1 Å². The standard InChI is InChI=1S/C13H22N6O/c1-2-20-13-16-11(18-14)15-12(17-13)19-8-4-6-9-5-3-7-10(9)19/h9-10H,2-8,14H2,1H3,(H,15,16,17,18). The molecule has 2 unspecified atom stereocenters. The molecule has 7 heteroatoms. The molecule has 0 spiro atoms. The molecule has 3 N–H and O–H groups in total. The monoisotopic (exact) mass is 278 g/mol. The number of nitrogen functional groups attached to an aromatic ring is 1. The molecule has 1 aliphatic heterocycles. The number of nitrogens with two attached hydrogens (primary N) is 1. The number of ether oxygens (including phenoxy) is 1. The second-order valence-corrected chi connectivity index (χ2v) is 5.41. The predicted octanol–water partition coefficient (Wildman–Crippen LogP) is 1.32. The van der Waals surface area contributed by atoms with Crippen molar-refractivity contribution in [3.05, 3.63) is 0 Å². The first kappa shape index (κ1) is 13.4. The third-order valence-electron chi connectivity index (χ3n) is 4.26. The molecule has 110 valence electrons. The zero-order valence-electron chi connectivity index (χ0n) is 11.9. The summed E-state index contributed by atoms with van der Waals surface area (Å²) < 4.78 is 5.41. The minimum Gasteiger partial charge on any atom is -0.464 e. The molecule has 1 saturated carbocycles. The van der Waals surface area contributed by atoms with Gasteiger partial charge in [0.25, 0.3) is 0 Å². The van der Waals surface area contributed by atoms with Crippen LogP contribution in [0, 0.1) is 5.92 Å². The summed E-state index contributed by atoms with van der Waals surface area (Å²) in [6.07, 6.45) is 6.38. The fourth-order valence-electron chi connectivity index (χ4n) is 3.43. The van der Waals surface area contributed by atoms with Crippen molar-refractivity contribution in [3.8, 4) is 6.01 Å². The number of piperidine rings is 1. The molecule has 2 aliphatic rings. The number of hydrogen-bond acceptors (Lipinski definition) is 7. The highest BCUT2D eigenvalue weighted by Gasteiger charge is 2.36. The van der Waals surface area contributed by atoms with Crippen LogP contribution >= 0.6 is 0 Å². The molecule has 7 nitrogen and oxygen atoms in total. The van der Waals surface area contributed by atoms with Crippen LogP contribution < -0.4 is 20.9 Å². The van der Waals surface area contributed by atoms with Crippen LogP contribution in [0.5, 0.6) is 6.01 Å². The molecule has 3 rings (SSSR count). The third kappa shape index (κ3) is 2.49. The second-order valence-electron chi connectivity index (χ2n) is 5.41. The minimum atomic E-state index is 0.338. The number of anilines is 2. The average molecular weight is 278 g/mol. The van der Waals surface area contributed by atoms with Gasteiger partial charge in [-0.25, -0.2) is 5.84 Å². The summed E-state index contributed by atoms with van der Waals surface area (Å²) in [5.74, 6) is 7.27. The summed E-state index contributed by atoms with van der Waals surface area (Å²) in [5, 5.41) is 0. The molecule has 20 heavy (non-hydrogen) atoms. The van der Waals surface area contributed by atoms with Crippen LogP contribution in [0.1, 0.15) is 39.0 Å². The van der Waals surface area contributed by atoms with Gasteiger partial charge >= 0.3 is 6.01 Å². The Hall–Kier alpha value is -1.63. The quantitative estimate of drug-likeness (QED) is 0.634. The lowest BCUT2D eigenvalue weighted by atomic mass is 9.92. The van der Waals surface area contributed by atoms with E-state index >= 15 is 0 Å². The number of fused-ring (bicyclic) bond motifs is 1. The van der Waals surface area contributed by atoms with Crippen LogP contribution in [-0.2, 0) is 0 Å². The highest BCUT2D eigenvalue weighted by Crippen LogP contribution is 2.38. The number of hydrazine groups is 1. The summed E-state index contributed by atoms with van der Waals surface area (Å²) in [6.45, 7) is 3.44. The van der Waals surface area contributed by atoms with Crippen molar-refractivity contribution < 1.29 is 4.74 Å². The smallest absolute Gasteiger partial charge is 0.323 e. The summed E-state index contributed by atoms with van der Waals surface area (Å²) in [7, 11) is 0. The Labute approximate surface area is 118 Å². The lowest BCUT2D eigenvalue weighted by Gasteiger charge is -2.37. The van der Waals surface area contributed by atoms with Gasteiger partial charge < -0.3 is 9.64 Å². The van der Waals surface area contributed by atoms with Gasteiger partial charge in [0, 0.05) is 12.6 Å². The molecular weight excluding hydrogens is 256 g/mol. The maximum atomic E-state index is 5.44. The molecule has 1 aromatic heterocycles. The van der Waals surface area contributed by atoms with E-state index in [0.29, 0.717) is 30.6 Å².